The van der Waals surface area contributed by atoms with Crippen molar-refractivity contribution >= 4 is 54.2 Å². The highest BCUT2D eigenvalue weighted by molar-refractivity contribution is 7.46. The molecule has 0 aromatic carbocycles. The molecule has 3 aliphatic rings. The largest absolute Gasteiger partial charge is 0.471 e. The summed E-state index contributed by atoms with van der Waals surface area (Å²) in [7, 11) is -4.70. The molecule has 19 rings (SSSR count). The van der Waals surface area contributed by atoms with Gasteiger partial charge in [-0.15, -0.1) is 0 Å². The quantitative estimate of drug-likeness (QED) is 0.00818. The van der Waals surface area contributed by atoms with E-state index in [1.54, 1.807) is 69.4 Å². The molecule has 0 unspecified atom stereocenters. The fourth-order valence-corrected chi connectivity index (χ4v) is 16.0. The van der Waals surface area contributed by atoms with Gasteiger partial charge in [0.15, 0.2) is 47.0 Å². The molecule has 0 bridgehead atoms. The van der Waals surface area contributed by atoms with Crippen LogP contribution in [0.3, 0.4) is 0 Å². The minimum atomic E-state index is -4.70. The topological polar surface area (TPSA) is 551 Å². The molecule has 748 valence electrons. The zero-order chi connectivity index (χ0) is 100. The number of rotatable bonds is 32. The lowest BCUT2D eigenvalue weighted by Crippen LogP contribution is -2.25. The number of aromatic nitrogens is 24. The summed E-state index contributed by atoms with van der Waals surface area (Å²) in [5, 5.41) is 51.8. The van der Waals surface area contributed by atoms with Crippen molar-refractivity contribution in [3.8, 4) is 91.4 Å². The van der Waals surface area contributed by atoms with E-state index >= 15 is 0 Å². The van der Waals surface area contributed by atoms with Crippen molar-refractivity contribution in [3.63, 3.8) is 0 Å². The van der Waals surface area contributed by atoms with Gasteiger partial charge in [-0.05, 0) is 134 Å². The summed E-state index contributed by atoms with van der Waals surface area (Å²) < 4.78 is 188. The molecule has 3 aliphatic carbocycles. The van der Waals surface area contributed by atoms with Gasteiger partial charge in [0.25, 0.3) is 23.6 Å². The number of hydrogen-bond donors (Lipinski definition) is 9. The first-order valence-electron chi connectivity index (χ1n) is 44.5. The van der Waals surface area contributed by atoms with Crippen molar-refractivity contribution < 1.29 is 114 Å². The first kappa shape index (κ1) is 100. The van der Waals surface area contributed by atoms with E-state index in [-0.39, 0.29) is 147 Å². The molecule has 44 nitrogen and oxygen atoms in total. The number of alkyl halides is 3. The number of pyridine rings is 4. The highest BCUT2D eigenvalue weighted by Crippen LogP contribution is 2.42. The SMILES string of the molecule is CCOC1CCC(n2cc(NC(=O)c3coc(-c4cn[nH]c4)n3)c(-c3ncc(F)cc3F)n2)CC1.CCOC1CCC(n2cc(NC(=O)c3coc(-c4cnn(COP(=O)(O)O)c4)n3)c(-c3nc(F)ccc3F)n2)CC1.CCOC1CCC(n2ncc(NC(=O)c3coc(-c4cn[nH]c4)n3)c2-c2nc(F)ccc2F)CC1.O=C(Nc1cn(CCOCC(F)(F)F)nc1-c1ccccn1)c1coc(-c2cn[nH]c2)n1. The average Bonchev–Trinajstić information content (AvgIpc) is 1.66. The second-order valence-electron chi connectivity index (χ2n) is 32.1. The summed E-state index contributed by atoms with van der Waals surface area (Å²) in [5.74, 6) is -6.77. The summed E-state index contributed by atoms with van der Waals surface area (Å²) in [4.78, 5) is 102. The molecular formula is C89H88F9N28O16P. The van der Waals surface area contributed by atoms with Gasteiger partial charge < -0.3 is 67.7 Å². The van der Waals surface area contributed by atoms with Crippen LogP contribution in [0.4, 0.5) is 62.3 Å². The van der Waals surface area contributed by atoms with Crippen LogP contribution in [0.5, 0.6) is 0 Å². The number of halogens is 9. The second kappa shape index (κ2) is 45.7. The van der Waals surface area contributed by atoms with Gasteiger partial charge in [-0.2, -0.15) is 62.7 Å². The maximum Gasteiger partial charge on any atom is 0.471 e. The molecule has 0 atom stereocenters. The number of ether oxygens (including phenoxy) is 4. The summed E-state index contributed by atoms with van der Waals surface area (Å²) in [6, 6.07) is 9.56. The summed E-state index contributed by atoms with van der Waals surface area (Å²) in [6.07, 6.45) is 30.9. The number of hydrogen-bond acceptors (Lipinski definition) is 30. The van der Waals surface area contributed by atoms with Crippen LogP contribution in [-0.2, 0) is 41.3 Å². The molecular weight excluding hydrogens is 1920 g/mol. The average molecular weight is 2010 g/mol. The zero-order valence-electron chi connectivity index (χ0n) is 75.8. The molecule has 54 heteroatoms. The van der Waals surface area contributed by atoms with E-state index in [4.69, 9.17) is 41.7 Å². The molecule has 143 heavy (non-hydrogen) atoms. The van der Waals surface area contributed by atoms with Gasteiger partial charge in [-0.3, -0.25) is 62.7 Å². The Kier molecular flexibility index (Phi) is 32.1. The lowest BCUT2D eigenvalue weighted by atomic mass is 9.92. The normalized spacial score (nSPS) is 16.5. The Morgan fingerprint density at radius 3 is 1.37 bits per heavy atom. The van der Waals surface area contributed by atoms with Crippen LogP contribution in [-0.4, -0.2) is 210 Å². The van der Waals surface area contributed by atoms with Crippen molar-refractivity contribution in [3.05, 3.63) is 218 Å². The standard InChI is InChI=1S/C24H26F2N7O7P.2C23H23F2N7O3.C19H16F3N7O3/c1-2-38-16-5-3-15(4-6-16)33-11-18(22(31-33)21-17(25)7-8-20(26)30-21)28-23(34)19-12-39-24(29-19)14-9-27-32(10-14)13-40-41(35,36)37;1-2-34-16-5-3-15(4-6-16)32-11-18(21(31-32)20-17(25)7-14(24)10-26-20)29-22(33)19-12-35-23(30-19)13-8-27-28-9-13;1-2-34-15-5-3-14(4-6-15)32-21(20-16(24)7-8-19(25)31-20)17(11-28-32)29-22(33)18-12-35-23(30-18)13-9-26-27-10-13;20-19(21,22)11-31-6-5-29-9-14(16(28-29)13-3-1-2-4-23-13)26-17(30)15-10-32-18(27-15)12-7-24-25-8-12/h7-12,15-16H,2-6,13H2,1H3,(H,28,34)(H2,35,36,37);7-12,15-16H,2-6H2,1H3,(H,27,28)(H,29,33);7-12,14-15H,2-6H2,1H3,(H,26,27)(H,29,33);1-4,7-10H,5-6,11H2,(H,24,25)(H,26,30). The maximum atomic E-state index is 14.8. The number of oxazole rings is 4. The Morgan fingerprint density at radius 1 is 0.469 bits per heavy atom. The number of amides is 4. The third-order valence-electron chi connectivity index (χ3n) is 22.4. The fourth-order valence-electron chi connectivity index (χ4n) is 15.8. The van der Waals surface area contributed by atoms with Crippen LogP contribution >= 0.6 is 7.82 Å². The van der Waals surface area contributed by atoms with Gasteiger partial charge in [0, 0.05) is 75.5 Å². The van der Waals surface area contributed by atoms with Crippen LogP contribution in [0.2, 0.25) is 0 Å². The van der Waals surface area contributed by atoms with Crippen LogP contribution in [0.25, 0.3) is 91.4 Å². The molecule has 9 N–H and O–H groups in total. The summed E-state index contributed by atoms with van der Waals surface area (Å²) in [5.41, 5.74) is 3.07. The van der Waals surface area contributed by atoms with Crippen molar-refractivity contribution in [2.24, 2.45) is 0 Å². The Hall–Kier alpha value is -15.7. The van der Waals surface area contributed by atoms with E-state index in [1.807, 2.05) is 20.8 Å². The van der Waals surface area contributed by atoms with Crippen molar-refractivity contribution in [2.75, 3.05) is 54.3 Å². The van der Waals surface area contributed by atoms with Crippen molar-refractivity contribution in [1.82, 2.24) is 119 Å². The minimum Gasteiger partial charge on any atom is -0.444 e. The van der Waals surface area contributed by atoms with Crippen molar-refractivity contribution in [1.29, 1.82) is 0 Å². The van der Waals surface area contributed by atoms with Gasteiger partial charge in [0.1, 0.15) is 77.3 Å². The zero-order valence-corrected chi connectivity index (χ0v) is 76.7. The monoisotopic (exact) mass is 2010 g/mol. The smallest absolute Gasteiger partial charge is 0.444 e. The van der Waals surface area contributed by atoms with Crippen LogP contribution in [0, 0.1) is 35.2 Å². The number of phosphoric acid groups is 1. The molecule has 4 amide bonds. The number of nitrogens with one attached hydrogen (secondary N) is 7. The lowest BCUT2D eigenvalue weighted by Gasteiger charge is -2.29. The van der Waals surface area contributed by atoms with E-state index < -0.39 is 86.1 Å². The van der Waals surface area contributed by atoms with Crippen LogP contribution in [0.1, 0.15) is 158 Å². The fraction of sp³-hybridized carbons (Fsp3) is 0.326. The third kappa shape index (κ3) is 25.8. The van der Waals surface area contributed by atoms with E-state index in [0.717, 1.165) is 125 Å². The molecule has 16 heterocycles. The minimum absolute atomic E-state index is 0.00241. The van der Waals surface area contributed by atoms with E-state index in [1.165, 1.54) is 66.8 Å². The summed E-state index contributed by atoms with van der Waals surface area (Å²) in [6.45, 7) is 5.75. The summed E-state index contributed by atoms with van der Waals surface area (Å²) >= 11 is 0. The predicted octanol–water partition coefficient (Wildman–Crippen LogP) is 15.8. The molecule has 16 aromatic rings. The van der Waals surface area contributed by atoms with E-state index in [9.17, 15) is 63.3 Å². The molecule has 0 radical (unpaired) electrons. The molecule has 0 spiro atoms. The van der Waals surface area contributed by atoms with Crippen LogP contribution < -0.4 is 21.3 Å². The number of phosphoric ester groups is 1. The highest BCUT2D eigenvalue weighted by Gasteiger charge is 2.35. The highest BCUT2D eigenvalue weighted by atomic mass is 31.2. The first-order valence-corrected chi connectivity index (χ1v) is 46.0. The number of carbonyl (C=O) groups is 4. The Morgan fingerprint density at radius 2 is 0.923 bits per heavy atom. The van der Waals surface area contributed by atoms with Gasteiger partial charge in [-0.1, -0.05) is 6.07 Å². The van der Waals surface area contributed by atoms with Crippen LogP contribution in [0.15, 0.2) is 178 Å². The Bertz CT molecular complexity index is 7010. The van der Waals surface area contributed by atoms with Gasteiger partial charge in [-0.25, -0.2) is 61.7 Å². The van der Waals surface area contributed by atoms with E-state index in [0.29, 0.717) is 59.1 Å². The van der Waals surface area contributed by atoms with Crippen molar-refractivity contribution in [2.45, 2.75) is 154 Å². The van der Waals surface area contributed by atoms with Gasteiger partial charge >= 0.3 is 14.0 Å². The third-order valence-corrected chi connectivity index (χ3v) is 22.9. The molecule has 3 fully saturated rings. The number of aromatic amines is 3. The van der Waals surface area contributed by atoms with Gasteiger partial charge in [0.2, 0.25) is 35.5 Å². The molecule has 0 saturated heterocycles. The molecule has 3 saturated carbocycles. The number of carbonyl (C=O) groups excluding carboxylic acids is 4. The predicted molar refractivity (Wildman–Crippen MR) is 482 cm³/mol. The number of H-pyrrole nitrogens is 3. The molecule has 0 aliphatic heterocycles. The lowest BCUT2D eigenvalue weighted by molar-refractivity contribution is -0.174. The number of anilines is 4. The number of nitrogens with zero attached hydrogens (tertiary/aromatic N) is 21. The maximum absolute atomic E-state index is 14.8. The Labute approximate surface area is 802 Å². The Balaban J connectivity index is 0.000000137. The van der Waals surface area contributed by atoms with Gasteiger partial charge in [0.05, 0.1) is 137 Å². The first-order chi connectivity index (χ1) is 69.0. The second-order valence-corrected chi connectivity index (χ2v) is 33.4. The van der Waals surface area contributed by atoms with E-state index in [2.05, 4.69) is 126 Å². The molecule has 16 aromatic heterocycles.